The predicted octanol–water partition coefficient (Wildman–Crippen LogP) is 3.43. The number of benzene rings is 1. The highest BCUT2D eigenvalue weighted by molar-refractivity contribution is 6.34. The van der Waals surface area contributed by atoms with Crippen LogP contribution >= 0.6 is 11.6 Å². The van der Waals surface area contributed by atoms with Gasteiger partial charge in [0.1, 0.15) is 11.9 Å². The van der Waals surface area contributed by atoms with Crippen LogP contribution in [-0.2, 0) is 11.8 Å². The summed E-state index contributed by atoms with van der Waals surface area (Å²) in [5.41, 5.74) is 2.34. The maximum atomic E-state index is 12.7. The number of amides is 1. The summed E-state index contributed by atoms with van der Waals surface area (Å²) in [5, 5.41) is 7.79. The zero-order valence-corrected chi connectivity index (χ0v) is 16.2. The molecule has 0 aliphatic carbocycles. The Morgan fingerprint density at radius 3 is 2.85 bits per heavy atom. The normalized spacial score (nSPS) is 19.8. The molecule has 0 saturated carbocycles. The molecule has 6 nitrogen and oxygen atoms in total. The molecule has 1 aromatic carbocycles. The molecule has 7 heteroatoms. The molecule has 0 bridgehead atoms. The van der Waals surface area contributed by atoms with Gasteiger partial charge in [0.05, 0.1) is 28.4 Å². The van der Waals surface area contributed by atoms with E-state index in [-0.39, 0.29) is 24.2 Å². The van der Waals surface area contributed by atoms with Crippen LogP contribution in [0.5, 0.6) is 5.75 Å². The molecule has 2 atom stereocenters. The van der Waals surface area contributed by atoms with Crippen molar-refractivity contribution in [3.8, 4) is 5.75 Å². The molecular formula is C19H24ClN3O3. The highest BCUT2D eigenvalue weighted by atomic mass is 35.5. The van der Waals surface area contributed by atoms with Gasteiger partial charge < -0.3 is 14.8 Å². The molecule has 3 rings (SSSR count). The summed E-state index contributed by atoms with van der Waals surface area (Å²) in [7, 11) is 1.87. The summed E-state index contributed by atoms with van der Waals surface area (Å²) in [6.45, 7) is 6.42. The SMILES string of the molecule is Cc1nn(C)cc1[C@@H]1OCC[C@H]1NC(=O)c1ccc(OC(C)C)cc1Cl. The molecule has 1 amide bonds. The Kier molecular flexibility index (Phi) is 5.53. The van der Waals surface area contributed by atoms with Crippen LogP contribution in [0.4, 0.5) is 0 Å². The van der Waals surface area contributed by atoms with Gasteiger partial charge in [0.15, 0.2) is 0 Å². The fraction of sp³-hybridized carbons (Fsp3) is 0.474. The van der Waals surface area contributed by atoms with E-state index in [1.165, 1.54) is 0 Å². The van der Waals surface area contributed by atoms with Crippen molar-refractivity contribution >= 4 is 17.5 Å². The number of carbonyl (C=O) groups excluding carboxylic acids is 1. The van der Waals surface area contributed by atoms with Crippen molar-refractivity contribution < 1.29 is 14.3 Å². The molecule has 1 fully saturated rings. The molecule has 2 aromatic rings. The number of nitrogens with zero attached hydrogens (tertiary/aromatic N) is 2. The molecule has 0 spiro atoms. The van der Waals surface area contributed by atoms with Crippen LogP contribution in [0.3, 0.4) is 0 Å². The van der Waals surface area contributed by atoms with Crippen LogP contribution in [0.1, 0.15) is 48.0 Å². The Bertz CT molecular complexity index is 803. The molecule has 0 unspecified atom stereocenters. The van der Waals surface area contributed by atoms with Crippen molar-refractivity contribution in [2.24, 2.45) is 7.05 Å². The van der Waals surface area contributed by atoms with Gasteiger partial charge in [-0.1, -0.05) is 11.6 Å². The zero-order valence-electron chi connectivity index (χ0n) is 15.5. The fourth-order valence-electron chi connectivity index (χ4n) is 3.21. The van der Waals surface area contributed by atoms with Gasteiger partial charge in [0.2, 0.25) is 0 Å². The second-order valence-corrected chi connectivity index (χ2v) is 7.22. The lowest BCUT2D eigenvalue weighted by Crippen LogP contribution is -2.37. The van der Waals surface area contributed by atoms with E-state index in [2.05, 4.69) is 10.4 Å². The van der Waals surface area contributed by atoms with Crippen LogP contribution in [-0.4, -0.2) is 34.4 Å². The first kappa shape index (κ1) is 18.7. The second-order valence-electron chi connectivity index (χ2n) is 6.81. The Hall–Kier alpha value is -2.05. The van der Waals surface area contributed by atoms with E-state index < -0.39 is 0 Å². The van der Waals surface area contributed by atoms with E-state index in [9.17, 15) is 4.79 Å². The first-order valence-corrected chi connectivity index (χ1v) is 9.11. The van der Waals surface area contributed by atoms with Crippen LogP contribution < -0.4 is 10.1 Å². The van der Waals surface area contributed by atoms with E-state index in [1.807, 2.05) is 34.0 Å². The maximum absolute atomic E-state index is 12.7. The van der Waals surface area contributed by atoms with Gasteiger partial charge in [0.25, 0.3) is 5.91 Å². The van der Waals surface area contributed by atoms with Crippen molar-refractivity contribution in [3.63, 3.8) is 0 Å². The summed E-state index contributed by atoms with van der Waals surface area (Å²) in [5.74, 6) is 0.433. The largest absolute Gasteiger partial charge is 0.491 e. The summed E-state index contributed by atoms with van der Waals surface area (Å²) in [6.07, 6.45) is 2.53. The molecule has 0 radical (unpaired) electrons. The highest BCUT2D eigenvalue weighted by Crippen LogP contribution is 2.31. The lowest BCUT2D eigenvalue weighted by molar-refractivity contribution is 0.0819. The zero-order chi connectivity index (χ0) is 18.8. The lowest BCUT2D eigenvalue weighted by atomic mass is 10.0. The first-order valence-electron chi connectivity index (χ1n) is 8.74. The van der Waals surface area contributed by atoms with Crippen LogP contribution in [0.15, 0.2) is 24.4 Å². The van der Waals surface area contributed by atoms with Gasteiger partial charge in [-0.3, -0.25) is 9.48 Å². The van der Waals surface area contributed by atoms with Crippen LogP contribution in [0.2, 0.25) is 5.02 Å². The van der Waals surface area contributed by atoms with Crippen molar-refractivity contribution in [1.82, 2.24) is 15.1 Å². The molecule has 1 aliphatic rings. The van der Waals surface area contributed by atoms with Gasteiger partial charge in [-0.15, -0.1) is 0 Å². The Labute approximate surface area is 158 Å². The number of halogens is 1. The Morgan fingerprint density at radius 1 is 1.46 bits per heavy atom. The maximum Gasteiger partial charge on any atom is 0.253 e. The van der Waals surface area contributed by atoms with Crippen molar-refractivity contribution in [3.05, 3.63) is 46.2 Å². The van der Waals surface area contributed by atoms with E-state index >= 15 is 0 Å². The number of carbonyl (C=O) groups is 1. The van der Waals surface area contributed by atoms with Gasteiger partial charge in [-0.25, -0.2) is 0 Å². The minimum absolute atomic E-state index is 0.0462. The number of hydrogen-bond donors (Lipinski definition) is 1. The van der Waals surface area contributed by atoms with E-state index in [0.717, 1.165) is 17.7 Å². The quantitative estimate of drug-likeness (QED) is 0.866. The summed E-state index contributed by atoms with van der Waals surface area (Å²) < 4.78 is 13.2. The van der Waals surface area contributed by atoms with Crippen molar-refractivity contribution in [2.45, 2.75) is 45.4 Å². The Balaban J connectivity index is 1.74. The van der Waals surface area contributed by atoms with Crippen molar-refractivity contribution in [2.75, 3.05) is 6.61 Å². The van der Waals surface area contributed by atoms with Crippen LogP contribution in [0.25, 0.3) is 0 Å². The highest BCUT2D eigenvalue weighted by Gasteiger charge is 2.33. The third-order valence-corrected chi connectivity index (χ3v) is 4.64. The number of hydrogen-bond acceptors (Lipinski definition) is 4. The number of aromatic nitrogens is 2. The van der Waals surface area contributed by atoms with Crippen LogP contribution in [0, 0.1) is 6.92 Å². The number of aryl methyl sites for hydroxylation is 2. The van der Waals surface area contributed by atoms with Gasteiger partial charge in [-0.2, -0.15) is 5.10 Å². The Morgan fingerprint density at radius 2 is 2.23 bits per heavy atom. The molecular weight excluding hydrogens is 354 g/mol. The van der Waals surface area contributed by atoms with Gasteiger partial charge in [0, 0.05) is 25.4 Å². The minimum Gasteiger partial charge on any atom is -0.491 e. The molecule has 1 saturated heterocycles. The van der Waals surface area contributed by atoms with E-state index in [0.29, 0.717) is 22.9 Å². The molecule has 1 N–H and O–H groups in total. The summed E-state index contributed by atoms with van der Waals surface area (Å²) >= 11 is 6.29. The predicted molar refractivity (Wildman–Crippen MR) is 99.7 cm³/mol. The second kappa shape index (κ2) is 7.68. The smallest absolute Gasteiger partial charge is 0.253 e. The van der Waals surface area contributed by atoms with Crippen molar-refractivity contribution in [1.29, 1.82) is 0 Å². The third kappa shape index (κ3) is 4.02. The minimum atomic E-state index is -0.215. The third-order valence-electron chi connectivity index (χ3n) is 4.32. The lowest BCUT2D eigenvalue weighted by Gasteiger charge is -2.20. The first-order chi connectivity index (χ1) is 12.3. The average molecular weight is 378 g/mol. The fourth-order valence-corrected chi connectivity index (χ4v) is 3.47. The molecule has 26 heavy (non-hydrogen) atoms. The molecule has 1 aromatic heterocycles. The molecule has 140 valence electrons. The monoisotopic (exact) mass is 377 g/mol. The summed E-state index contributed by atoms with van der Waals surface area (Å²) in [6, 6.07) is 5.00. The van der Waals surface area contributed by atoms with E-state index in [1.54, 1.807) is 22.9 Å². The number of ether oxygens (including phenoxy) is 2. The topological polar surface area (TPSA) is 65.4 Å². The average Bonchev–Trinajstić information content (AvgIpc) is 3.12. The molecule has 1 aliphatic heterocycles. The summed E-state index contributed by atoms with van der Waals surface area (Å²) in [4.78, 5) is 12.7. The van der Waals surface area contributed by atoms with E-state index in [4.69, 9.17) is 21.1 Å². The van der Waals surface area contributed by atoms with Gasteiger partial charge >= 0.3 is 0 Å². The number of nitrogens with one attached hydrogen (secondary N) is 1. The molecule has 2 heterocycles. The standard InChI is InChI=1S/C19H24ClN3O3/c1-11(2)26-13-5-6-14(16(20)9-13)19(24)21-17-7-8-25-18(17)15-10-23(4)22-12(15)3/h5-6,9-11,17-18H,7-8H2,1-4H3,(H,21,24)/t17-,18+/m1/s1. The van der Waals surface area contributed by atoms with Gasteiger partial charge in [-0.05, 0) is 45.4 Å². The number of rotatable bonds is 5.